The first-order valence-corrected chi connectivity index (χ1v) is 8.23. The molecule has 6 heteroatoms. The van der Waals surface area contributed by atoms with Crippen molar-refractivity contribution in [3.05, 3.63) is 29.8 Å². The molecular formula is C17H23N3O3. The van der Waals surface area contributed by atoms with Crippen LogP contribution < -0.4 is 11.1 Å². The third kappa shape index (κ3) is 3.71. The summed E-state index contributed by atoms with van der Waals surface area (Å²) in [6.45, 7) is 2.11. The van der Waals surface area contributed by atoms with E-state index in [9.17, 15) is 9.59 Å². The number of benzene rings is 1. The van der Waals surface area contributed by atoms with E-state index in [2.05, 4.69) is 5.32 Å². The second kappa shape index (κ2) is 7.10. The minimum absolute atomic E-state index is 0.0220. The van der Waals surface area contributed by atoms with Crippen molar-refractivity contribution in [3.8, 4) is 0 Å². The summed E-state index contributed by atoms with van der Waals surface area (Å²) in [5.41, 5.74) is 6.88. The minimum atomic E-state index is -0.436. The van der Waals surface area contributed by atoms with E-state index in [1.54, 1.807) is 24.3 Å². The van der Waals surface area contributed by atoms with Gasteiger partial charge in [0.05, 0.1) is 6.10 Å². The molecule has 1 aromatic carbocycles. The first-order valence-electron chi connectivity index (χ1n) is 8.23. The summed E-state index contributed by atoms with van der Waals surface area (Å²) < 4.78 is 5.58. The predicted molar refractivity (Wildman–Crippen MR) is 87.2 cm³/mol. The number of hydrogen-bond donors (Lipinski definition) is 2. The highest BCUT2D eigenvalue weighted by atomic mass is 16.5. The maximum absolute atomic E-state index is 12.3. The van der Waals surface area contributed by atoms with Crippen molar-refractivity contribution >= 4 is 17.5 Å². The van der Waals surface area contributed by atoms with Crippen LogP contribution in [0.25, 0.3) is 0 Å². The van der Waals surface area contributed by atoms with Gasteiger partial charge >= 0.3 is 0 Å². The number of nitrogens with zero attached hydrogens (tertiary/aromatic N) is 1. The predicted octanol–water partition coefficient (Wildman–Crippen LogP) is 1.37. The molecule has 0 aliphatic carbocycles. The number of hydrogen-bond acceptors (Lipinski definition) is 4. The monoisotopic (exact) mass is 317 g/mol. The van der Waals surface area contributed by atoms with Crippen molar-refractivity contribution < 1.29 is 14.3 Å². The van der Waals surface area contributed by atoms with Crippen molar-refractivity contribution in [2.24, 2.45) is 5.73 Å². The van der Waals surface area contributed by atoms with Crippen LogP contribution in [0.2, 0.25) is 0 Å². The summed E-state index contributed by atoms with van der Waals surface area (Å²) in [4.78, 5) is 26.3. The molecule has 3 rings (SSSR count). The Hall–Kier alpha value is -1.92. The molecule has 0 radical (unpaired) electrons. The van der Waals surface area contributed by atoms with Crippen molar-refractivity contribution in [2.45, 2.75) is 37.9 Å². The number of anilines is 1. The maximum Gasteiger partial charge on any atom is 0.253 e. The van der Waals surface area contributed by atoms with Crippen LogP contribution in [0.5, 0.6) is 0 Å². The minimum Gasteiger partial charge on any atom is -0.364 e. The van der Waals surface area contributed by atoms with E-state index < -0.39 is 6.10 Å². The van der Waals surface area contributed by atoms with Crippen LogP contribution in [-0.4, -0.2) is 48.6 Å². The summed E-state index contributed by atoms with van der Waals surface area (Å²) in [6.07, 6.45) is 3.20. The molecule has 2 fully saturated rings. The number of nitrogens with two attached hydrogens (primary N) is 1. The molecule has 6 nitrogen and oxygen atoms in total. The molecule has 0 unspecified atom stereocenters. The third-order valence-electron chi connectivity index (χ3n) is 4.46. The molecule has 2 atom stereocenters. The van der Waals surface area contributed by atoms with Gasteiger partial charge in [0, 0.05) is 30.9 Å². The van der Waals surface area contributed by atoms with Crippen LogP contribution in [-0.2, 0) is 9.53 Å². The Morgan fingerprint density at radius 2 is 1.87 bits per heavy atom. The number of carbonyl (C=O) groups is 2. The van der Waals surface area contributed by atoms with Crippen LogP contribution in [0.15, 0.2) is 24.3 Å². The number of nitrogens with one attached hydrogen (secondary N) is 1. The Kier molecular flexibility index (Phi) is 4.93. The number of likely N-dealkylation sites (tertiary alicyclic amines) is 1. The van der Waals surface area contributed by atoms with Crippen LogP contribution in [0, 0.1) is 0 Å². The molecule has 0 aromatic heterocycles. The maximum atomic E-state index is 12.3. The van der Waals surface area contributed by atoms with Gasteiger partial charge in [-0.3, -0.25) is 9.59 Å². The quantitative estimate of drug-likeness (QED) is 0.878. The molecule has 2 heterocycles. The molecule has 1 aromatic rings. The molecular weight excluding hydrogens is 294 g/mol. The van der Waals surface area contributed by atoms with Gasteiger partial charge in [0.2, 0.25) is 0 Å². The molecule has 23 heavy (non-hydrogen) atoms. The highest BCUT2D eigenvalue weighted by Gasteiger charge is 2.29. The van der Waals surface area contributed by atoms with E-state index in [1.165, 1.54) is 0 Å². The zero-order valence-corrected chi connectivity index (χ0v) is 13.2. The van der Waals surface area contributed by atoms with E-state index in [1.807, 2.05) is 4.90 Å². The van der Waals surface area contributed by atoms with Gasteiger partial charge in [0.25, 0.3) is 11.8 Å². The Bertz CT molecular complexity index is 567. The number of carbonyl (C=O) groups excluding carboxylic acids is 2. The van der Waals surface area contributed by atoms with Crippen molar-refractivity contribution in [1.29, 1.82) is 0 Å². The SMILES string of the molecule is NC[C@H]1CC[C@@H](C(=O)Nc2ccc(C(=O)N3CCCC3)cc2)O1. The molecule has 124 valence electrons. The lowest BCUT2D eigenvalue weighted by Crippen LogP contribution is -2.30. The van der Waals surface area contributed by atoms with E-state index in [-0.39, 0.29) is 17.9 Å². The van der Waals surface area contributed by atoms with E-state index in [0.29, 0.717) is 24.2 Å². The molecule has 0 bridgehead atoms. The Labute approximate surface area is 136 Å². The smallest absolute Gasteiger partial charge is 0.253 e. The van der Waals surface area contributed by atoms with E-state index in [4.69, 9.17) is 10.5 Å². The van der Waals surface area contributed by atoms with Gasteiger partial charge in [0.1, 0.15) is 6.10 Å². The number of ether oxygens (including phenoxy) is 1. The van der Waals surface area contributed by atoms with Gasteiger partial charge < -0.3 is 20.7 Å². The number of rotatable bonds is 4. The zero-order valence-electron chi connectivity index (χ0n) is 13.2. The summed E-state index contributed by atoms with van der Waals surface area (Å²) in [6, 6.07) is 7.04. The van der Waals surface area contributed by atoms with Gasteiger partial charge in [-0.15, -0.1) is 0 Å². The summed E-state index contributed by atoms with van der Waals surface area (Å²) in [7, 11) is 0. The second-order valence-corrected chi connectivity index (χ2v) is 6.13. The molecule has 2 saturated heterocycles. The fraction of sp³-hybridized carbons (Fsp3) is 0.529. The third-order valence-corrected chi connectivity index (χ3v) is 4.46. The van der Waals surface area contributed by atoms with E-state index >= 15 is 0 Å². The first kappa shape index (κ1) is 16.0. The standard InChI is InChI=1S/C17H23N3O3/c18-11-14-7-8-15(23-14)16(21)19-13-5-3-12(4-6-13)17(22)20-9-1-2-10-20/h3-6,14-15H,1-2,7-11,18H2,(H,19,21)/t14-,15+/m1/s1. The Balaban J connectivity index is 1.57. The Morgan fingerprint density at radius 3 is 2.48 bits per heavy atom. The fourth-order valence-electron chi connectivity index (χ4n) is 3.09. The van der Waals surface area contributed by atoms with Crippen LogP contribution >= 0.6 is 0 Å². The lowest BCUT2D eigenvalue weighted by molar-refractivity contribution is -0.126. The lowest BCUT2D eigenvalue weighted by atomic mass is 10.1. The lowest BCUT2D eigenvalue weighted by Gasteiger charge is -2.16. The van der Waals surface area contributed by atoms with Crippen LogP contribution in [0.4, 0.5) is 5.69 Å². The second-order valence-electron chi connectivity index (χ2n) is 6.13. The largest absolute Gasteiger partial charge is 0.364 e. The van der Waals surface area contributed by atoms with Crippen LogP contribution in [0.3, 0.4) is 0 Å². The van der Waals surface area contributed by atoms with Gasteiger partial charge in [-0.1, -0.05) is 0 Å². The van der Waals surface area contributed by atoms with Gasteiger partial charge in [0.15, 0.2) is 0 Å². The normalized spacial score (nSPS) is 24.0. The number of amides is 2. The average molecular weight is 317 g/mol. The van der Waals surface area contributed by atoms with Gasteiger partial charge in [-0.25, -0.2) is 0 Å². The highest BCUT2D eigenvalue weighted by molar-refractivity contribution is 5.97. The first-order chi connectivity index (χ1) is 11.2. The summed E-state index contributed by atoms with van der Waals surface area (Å²) >= 11 is 0. The summed E-state index contributed by atoms with van der Waals surface area (Å²) in [5.74, 6) is -0.0927. The van der Waals surface area contributed by atoms with E-state index in [0.717, 1.165) is 32.4 Å². The Morgan fingerprint density at radius 1 is 1.17 bits per heavy atom. The fourth-order valence-corrected chi connectivity index (χ4v) is 3.09. The molecule has 2 aliphatic rings. The summed E-state index contributed by atoms with van der Waals surface area (Å²) in [5, 5.41) is 2.83. The van der Waals surface area contributed by atoms with Gasteiger partial charge in [-0.05, 0) is 49.9 Å². The average Bonchev–Trinajstić information content (AvgIpc) is 3.26. The van der Waals surface area contributed by atoms with Crippen molar-refractivity contribution in [2.75, 3.05) is 25.0 Å². The molecule has 2 aliphatic heterocycles. The highest BCUT2D eigenvalue weighted by Crippen LogP contribution is 2.21. The molecule has 2 amide bonds. The van der Waals surface area contributed by atoms with Gasteiger partial charge in [-0.2, -0.15) is 0 Å². The van der Waals surface area contributed by atoms with Crippen LogP contribution in [0.1, 0.15) is 36.0 Å². The van der Waals surface area contributed by atoms with Crippen molar-refractivity contribution in [1.82, 2.24) is 4.90 Å². The topological polar surface area (TPSA) is 84.7 Å². The molecule has 0 spiro atoms. The molecule has 3 N–H and O–H groups in total. The zero-order chi connectivity index (χ0) is 16.2. The molecule has 0 saturated carbocycles. The van der Waals surface area contributed by atoms with Crippen molar-refractivity contribution in [3.63, 3.8) is 0 Å².